The van der Waals surface area contributed by atoms with Crippen LogP contribution in [0.2, 0.25) is 0 Å². The molecule has 4 rings (SSSR count). The lowest BCUT2D eigenvalue weighted by atomic mass is 9.81. The first-order valence-corrected chi connectivity index (χ1v) is 5.80. The SMILES string of the molecule is O[C@H](c1ccco1)[C@@H]1CC2CCN1CC2. The minimum Gasteiger partial charge on any atom is -0.467 e. The number of hydrogen-bond donors (Lipinski definition) is 1. The molecule has 82 valence electrons. The summed E-state index contributed by atoms with van der Waals surface area (Å²) in [5.41, 5.74) is 0. The predicted molar refractivity (Wildman–Crippen MR) is 56.4 cm³/mol. The van der Waals surface area contributed by atoms with E-state index in [1.54, 1.807) is 6.26 Å². The van der Waals surface area contributed by atoms with Crippen LogP contribution >= 0.6 is 0 Å². The van der Waals surface area contributed by atoms with Crippen LogP contribution in [0, 0.1) is 5.92 Å². The van der Waals surface area contributed by atoms with Gasteiger partial charge in [0.05, 0.1) is 6.26 Å². The van der Waals surface area contributed by atoms with Crippen molar-refractivity contribution in [2.45, 2.75) is 31.4 Å². The molecule has 0 saturated carbocycles. The Bertz CT molecular complexity index is 314. The van der Waals surface area contributed by atoms with Gasteiger partial charge in [-0.15, -0.1) is 0 Å². The normalized spacial score (nSPS) is 36.7. The molecule has 2 atom stereocenters. The fraction of sp³-hybridized carbons (Fsp3) is 0.667. The van der Waals surface area contributed by atoms with Gasteiger partial charge in [0.15, 0.2) is 0 Å². The molecule has 3 aliphatic heterocycles. The highest BCUT2D eigenvalue weighted by molar-refractivity contribution is 5.07. The van der Waals surface area contributed by atoms with Gasteiger partial charge in [0.1, 0.15) is 11.9 Å². The summed E-state index contributed by atoms with van der Waals surface area (Å²) < 4.78 is 5.28. The number of aliphatic hydroxyl groups is 1. The molecule has 3 heteroatoms. The van der Waals surface area contributed by atoms with E-state index in [-0.39, 0.29) is 6.04 Å². The summed E-state index contributed by atoms with van der Waals surface area (Å²) in [4.78, 5) is 2.41. The van der Waals surface area contributed by atoms with Crippen LogP contribution in [0.3, 0.4) is 0 Å². The summed E-state index contributed by atoms with van der Waals surface area (Å²) in [7, 11) is 0. The van der Waals surface area contributed by atoms with Gasteiger partial charge in [-0.3, -0.25) is 4.90 Å². The average molecular weight is 207 g/mol. The monoisotopic (exact) mass is 207 g/mol. The van der Waals surface area contributed by atoms with Crippen molar-refractivity contribution >= 4 is 0 Å². The minimum atomic E-state index is -0.442. The molecular weight excluding hydrogens is 190 g/mol. The summed E-state index contributed by atoms with van der Waals surface area (Å²) in [6.07, 6.45) is 4.93. The van der Waals surface area contributed by atoms with Gasteiger partial charge in [-0.1, -0.05) is 0 Å². The smallest absolute Gasteiger partial charge is 0.133 e. The molecule has 3 nitrogen and oxygen atoms in total. The second-order valence-corrected chi connectivity index (χ2v) is 4.74. The molecule has 15 heavy (non-hydrogen) atoms. The summed E-state index contributed by atoms with van der Waals surface area (Å²) in [6.45, 7) is 2.29. The topological polar surface area (TPSA) is 36.6 Å². The number of aliphatic hydroxyl groups excluding tert-OH is 1. The van der Waals surface area contributed by atoms with Gasteiger partial charge in [0, 0.05) is 6.04 Å². The van der Waals surface area contributed by atoms with E-state index in [0.29, 0.717) is 5.76 Å². The van der Waals surface area contributed by atoms with E-state index in [0.717, 1.165) is 25.4 Å². The molecule has 0 aromatic carbocycles. The highest BCUT2D eigenvalue weighted by atomic mass is 16.4. The Hall–Kier alpha value is -0.800. The highest BCUT2D eigenvalue weighted by Crippen LogP contribution is 2.37. The third-order valence-electron chi connectivity index (χ3n) is 3.89. The lowest BCUT2D eigenvalue weighted by molar-refractivity contribution is -0.0346. The molecule has 0 amide bonds. The van der Waals surface area contributed by atoms with E-state index in [2.05, 4.69) is 4.90 Å². The number of fused-ring (bicyclic) bond motifs is 3. The van der Waals surface area contributed by atoms with Crippen LogP contribution in [-0.2, 0) is 0 Å². The van der Waals surface area contributed by atoms with Crippen molar-refractivity contribution in [3.05, 3.63) is 24.2 Å². The highest BCUT2D eigenvalue weighted by Gasteiger charge is 2.38. The van der Waals surface area contributed by atoms with Crippen LogP contribution in [0.4, 0.5) is 0 Å². The van der Waals surface area contributed by atoms with Gasteiger partial charge < -0.3 is 9.52 Å². The second-order valence-electron chi connectivity index (χ2n) is 4.74. The molecule has 1 aromatic heterocycles. The van der Waals surface area contributed by atoms with E-state index < -0.39 is 6.10 Å². The summed E-state index contributed by atoms with van der Waals surface area (Å²) in [5, 5.41) is 10.2. The Morgan fingerprint density at radius 2 is 2.20 bits per heavy atom. The minimum absolute atomic E-state index is 0.281. The number of nitrogens with zero attached hydrogens (tertiary/aromatic N) is 1. The Kier molecular flexibility index (Phi) is 2.29. The molecule has 0 spiro atoms. The number of hydrogen-bond acceptors (Lipinski definition) is 3. The van der Waals surface area contributed by atoms with Crippen molar-refractivity contribution in [2.75, 3.05) is 13.1 Å². The predicted octanol–water partition coefficient (Wildman–Crippen LogP) is 1.80. The lowest BCUT2D eigenvalue weighted by Gasteiger charge is -2.46. The van der Waals surface area contributed by atoms with Gasteiger partial charge in [-0.2, -0.15) is 0 Å². The Morgan fingerprint density at radius 3 is 2.73 bits per heavy atom. The summed E-state index contributed by atoms with van der Waals surface area (Å²) in [5.74, 6) is 1.54. The standard InChI is InChI=1S/C12H17NO2/c14-12(11-2-1-7-15-11)10-8-9-3-5-13(10)6-4-9/h1-2,7,9-10,12,14H,3-6,8H2/t10-,12-/m0/s1. The zero-order chi connectivity index (χ0) is 10.3. The molecule has 3 fully saturated rings. The molecule has 3 aliphatic rings. The maximum atomic E-state index is 10.2. The number of furan rings is 1. The average Bonchev–Trinajstić information content (AvgIpc) is 2.83. The Morgan fingerprint density at radius 1 is 1.40 bits per heavy atom. The van der Waals surface area contributed by atoms with E-state index in [1.165, 1.54) is 12.8 Å². The second kappa shape index (κ2) is 3.65. The van der Waals surface area contributed by atoms with Crippen molar-refractivity contribution in [1.82, 2.24) is 4.90 Å². The largest absolute Gasteiger partial charge is 0.467 e. The first kappa shape index (κ1) is 9.43. The molecule has 2 bridgehead atoms. The fourth-order valence-electron chi connectivity index (χ4n) is 2.99. The number of piperidine rings is 3. The van der Waals surface area contributed by atoms with E-state index >= 15 is 0 Å². The van der Waals surface area contributed by atoms with Crippen LogP contribution in [-0.4, -0.2) is 29.1 Å². The van der Waals surface area contributed by atoms with E-state index in [4.69, 9.17) is 4.42 Å². The fourth-order valence-corrected chi connectivity index (χ4v) is 2.99. The van der Waals surface area contributed by atoms with Crippen molar-refractivity contribution < 1.29 is 9.52 Å². The third kappa shape index (κ3) is 1.60. The molecule has 0 radical (unpaired) electrons. The third-order valence-corrected chi connectivity index (χ3v) is 3.89. The van der Waals surface area contributed by atoms with Crippen molar-refractivity contribution in [3.8, 4) is 0 Å². The maximum absolute atomic E-state index is 10.2. The Labute approximate surface area is 89.7 Å². The molecule has 4 heterocycles. The zero-order valence-corrected chi connectivity index (χ0v) is 8.80. The lowest BCUT2D eigenvalue weighted by Crippen LogP contribution is -2.51. The van der Waals surface area contributed by atoms with Gasteiger partial charge in [-0.05, 0) is 50.4 Å². The van der Waals surface area contributed by atoms with Gasteiger partial charge in [0.2, 0.25) is 0 Å². The molecule has 0 unspecified atom stereocenters. The number of rotatable bonds is 2. The quantitative estimate of drug-likeness (QED) is 0.803. The maximum Gasteiger partial charge on any atom is 0.133 e. The zero-order valence-electron chi connectivity index (χ0n) is 8.80. The molecule has 3 saturated heterocycles. The van der Waals surface area contributed by atoms with Gasteiger partial charge >= 0.3 is 0 Å². The van der Waals surface area contributed by atoms with Crippen LogP contribution < -0.4 is 0 Å². The van der Waals surface area contributed by atoms with Crippen molar-refractivity contribution in [1.29, 1.82) is 0 Å². The van der Waals surface area contributed by atoms with Crippen LogP contribution in [0.1, 0.15) is 31.1 Å². The molecule has 1 aromatic rings. The molecular formula is C12H17NO2. The first-order chi connectivity index (χ1) is 7.34. The van der Waals surface area contributed by atoms with Gasteiger partial charge in [0.25, 0.3) is 0 Å². The molecule has 0 aliphatic carbocycles. The summed E-state index contributed by atoms with van der Waals surface area (Å²) >= 11 is 0. The summed E-state index contributed by atoms with van der Waals surface area (Å²) in [6, 6.07) is 3.99. The van der Waals surface area contributed by atoms with E-state index in [9.17, 15) is 5.11 Å². The molecule has 1 N–H and O–H groups in total. The Balaban J connectivity index is 1.77. The van der Waals surface area contributed by atoms with Crippen LogP contribution in [0.15, 0.2) is 22.8 Å². The van der Waals surface area contributed by atoms with Crippen molar-refractivity contribution in [3.63, 3.8) is 0 Å². The van der Waals surface area contributed by atoms with E-state index in [1.807, 2.05) is 12.1 Å². The van der Waals surface area contributed by atoms with Crippen molar-refractivity contribution in [2.24, 2.45) is 5.92 Å². The van der Waals surface area contributed by atoms with Gasteiger partial charge in [-0.25, -0.2) is 0 Å². The van der Waals surface area contributed by atoms with Crippen LogP contribution in [0.25, 0.3) is 0 Å². The first-order valence-electron chi connectivity index (χ1n) is 5.80. The van der Waals surface area contributed by atoms with Crippen LogP contribution in [0.5, 0.6) is 0 Å².